The van der Waals surface area contributed by atoms with Crippen LogP contribution in [0.3, 0.4) is 0 Å². The van der Waals surface area contributed by atoms with Crippen LogP contribution >= 0.6 is 0 Å². The summed E-state index contributed by atoms with van der Waals surface area (Å²) in [6.07, 6.45) is 5.87. The van der Waals surface area contributed by atoms with Crippen LogP contribution in [0.25, 0.3) is 11.1 Å². The molecule has 0 aliphatic rings. The summed E-state index contributed by atoms with van der Waals surface area (Å²) < 4.78 is 15.2. The first-order chi connectivity index (χ1) is 19.1. The highest BCUT2D eigenvalue weighted by Gasteiger charge is 2.19. The Bertz CT molecular complexity index is 1330. The lowest BCUT2D eigenvalue weighted by Crippen LogP contribution is -2.30. The van der Waals surface area contributed by atoms with E-state index in [0.717, 1.165) is 23.1 Å². The monoisotopic (exact) mass is 513 g/mol. The number of carbonyl (C=O) groups is 2. The molecule has 0 aliphatic carbocycles. The summed E-state index contributed by atoms with van der Waals surface area (Å²) in [5.41, 5.74) is 5.50. The van der Waals surface area contributed by atoms with Gasteiger partial charge in [-0.05, 0) is 48.6 Å². The first kappa shape index (κ1) is 25.2. The molecule has 3 aromatic carbocycles. The summed E-state index contributed by atoms with van der Waals surface area (Å²) in [5.74, 6) is -0.112. The van der Waals surface area contributed by atoms with E-state index < -0.39 is 12.4 Å². The van der Waals surface area contributed by atoms with Crippen molar-refractivity contribution in [1.82, 2.24) is 20.6 Å². The fourth-order valence-corrected chi connectivity index (χ4v) is 4.02. The first-order valence-corrected chi connectivity index (χ1v) is 12.6. The minimum absolute atomic E-state index is 0.251. The van der Waals surface area contributed by atoms with Crippen LogP contribution in [0.2, 0.25) is 0 Å². The maximum Gasteiger partial charge on any atom is 0.254 e. The molecule has 0 bridgehead atoms. The van der Waals surface area contributed by atoms with Crippen molar-refractivity contribution in [3.05, 3.63) is 108 Å². The lowest BCUT2D eigenvalue weighted by atomic mass is 10.1. The molecule has 0 saturated heterocycles. The van der Waals surface area contributed by atoms with Gasteiger partial charge in [0.05, 0.1) is 14.2 Å². The van der Waals surface area contributed by atoms with Crippen molar-refractivity contribution in [2.75, 3.05) is 6.61 Å². The van der Waals surface area contributed by atoms with Gasteiger partial charge in [0.15, 0.2) is 0 Å². The SMILES string of the molecule is [2H]C(c1ccccc1OCCCCCC(=O)NO)N(Cc1ccccc1)C(=O)c1ccc(-c2cn[nH]c2)cc1. The van der Waals surface area contributed by atoms with E-state index in [1.165, 1.54) is 4.90 Å². The van der Waals surface area contributed by atoms with E-state index in [-0.39, 0.29) is 18.9 Å². The summed E-state index contributed by atoms with van der Waals surface area (Å²) >= 11 is 0. The average Bonchev–Trinajstić information content (AvgIpc) is 3.53. The molecule has 1 atom stereocenters. The van der Waals surface area contributed by atoms with Gasteiger partial charge in [-0.3, -0.25) is 19.9 Å². The number of carbonyl (C=O) groups excluding carboxylic acids is 2. The highest BCUT2D eigenvalue weighted by Crippen LogP contribution is 2.24. The molecule has 8 nitrogen and oxygen atoms in total. The van der Waals surface area contributed by atoms with Crippen molar-refractivity contribution in [1.29, 1.82) is 0 Å². The number of hydrogen-bond donors (Lipinski definition) is 3. The largest absolute Gasteiger partial charge is 0.493 e. The van der Waals surface area contributed by atoms with Gasteiger partial charge in [-0.25, -0.2) is 5.48 Å². The van der Waals surface area contributed by atoms with Crippen molar-refractivity contribution in [3.63, 3.8) is 0 Å². The molecule has 196 valence electrons. The predicted molar refractivity (Wildman–Crippen MR) is 144 cm³/mol. The molecule has 1 aromatic heterocycles. The Labute approximate surface area is 223 Å². The van der Waals surface area contributed by atoms with Gasteiger partial charge in [0.2, 0.25) is 5.91 Å². The number of hydroxylamine groups is 1. The third-order valence-electron chi connectivity index (χ3n) is 6.06. The molecule has 1 heterocycles. The second-order valence-electron chi connectivity index (χ2n) is 8.84. The number of amides is 2. The van der Waals surface area contributed by atoms with E-state index in [1.807, 2.05) is 60.7 Å². The van der Waals surface area contributed by atoms with Gasteiger partial charge in [0.25, 0.3) is 5.91 Å². The van der Waals surface area contributed by atoms with Crippen LogP contribution in [-0.2, 0) is 17.9 Å². The Hall–Kier alpha value is -4.43. The Kier molecular flexibility index (Phi) is 9.14. The minimum Gasteiger partial charge on any atom is -0.493 e. The summed E-state index contributed by atoms with van der Waals surface area (Å²) in [4.78, 5) is 26.5. The molecule has 4 rings (SSSR count). The fourth-order valence-electron chi connectivity index (χ4n) is 4.02. The van der Waals surface area contributed by atoms with Crippen LogP contribution in [0.1, 0.15) is 48.5 Å². The first-order valence-electron chi connectivity index (χ1n) is 13.2. The highest BCUT2D eigenvalue weighted by molar-refractivity contribution is 5.94. The number of nitrogens with zero attached hydrogens (tertiary/aromatic N) is 2. The summed E-state index contributed by atoms with van der Waals surface area (Å²) in [6, 6.07) is 24.2. The quantitative estimate of drug-likeness (QED) is 0.127. The van der Waals surface area contributed by atoms with Gasteiger partial charge in [-0.2, -0.15) is 5.10 Å². The second kappa shape index (κ2) is 13.8. The number of unbranched alkanes of at least 4 members (excludes halogenated alkanes) is 2. The minimum atomic E-state index is -1.00. The standard InChI is InChI=1S/C30H32N4O4/c35-29(33-37)13-5-2-8-18-38-28-12-7-6-11-26(28)22-34(21-23-9-3-1-4-10-23)30(36)25-16-14-24(15-17-25)27-19-31-32-20-27/h1,3-4,6-7,9-12,14-17,19-20,37H,2,5,8,13,18,21-22H2,(H,31,32)(H,33,35)/i22D. The summed E-state index contributed by atoms with van der Waals surface area (Å²) in [7, 11) is 0. The highest BCUT2D eigenvalue weighted by atomic mass is 16.5. The number of para-hydroxylation sites is 1. The zero-order chi connectivity index (χ0) is 27.5. The van der Waals surface area contributed by atoms with Crippen LogP contribution in [0.4, 0.5) is 0 Å². The molecule has 8 heteroatoms. The third-order valence-corrected chi connectivity index (χ3v) is 6.06. The molecule has 0 saturated carbocycles. The van der Waals surface area contributed by atoms with Crippen molar-refractivity contribution in [3.8, 4) is 16.9 Å². The number of aromatic nitrogens is 2. The van der Waals surface area contributed by atoms with Gasteiger partial charge in [0.1, 0.15) is 5.75 Å². The van der Waals surface area contributed by atoms with Gasteiger partial charge in [0, 0.05) is 42.4 Å². The van der Waals surface area contributed by atoms with Crippen molar-refractivity contribution >= 4 is 11.8 Å². The normalized spacial score (nSPS) is 11.9. The van der Waals surface area contributed by atoms with Crippen molar-refractivity contribution in [2.24, 2.45) is 0 Å². The summed E-state index contributed by atoms with van der Waals surface area (Å²) in [6.45, 7) is -0.332. The molecular weight excluding hydrogens is 480 g/mol. The molecule has 0 aliphatic heterocycles. The molecule has 1 unspecified atom stereocenters. The number of nitrogens with one attached hydrogen (secondary N) is 2. The zero-order valence-electron chi connectivity index (χ0n) is 22.0. The number of aromatic amines is 1. The average molecular weight is 514 g/mol. The van der Waals surface area contributed by atoms with Gasteiger partial charge >= 0.3 is 0 Å². The molecule has 2 amide bonds. The van der Waals surface area contributed by atoms with Crippen LogP contribution < -0.4 is 10.2 Å². The Morgan fingerprint density at radius 2 is 1.71 bits per heavy atom. The van der Waals surface area contributed by atoms with Crippen molar-refractivity contribution < 1.29 is 20.9 Å². The van der Waals surface area contributed by atoms with Crippen LogP contribution in [0.15, 0.2) is 91.3 Å². The predicted octanol–water partition coefficient (Wildman–Crippen LogP) is 5.36. The summed E-state index contributed by atoms with van der Waals surface area (Å²) in [5, 5.41) is 15.4. The zero-order valence-corrected chi connectivity index (χ0v) is 21.0. The van der Waals surface area contributed by atoms with E-state index in [0.29, 0.717) is 36.3 Å². The Balaban J connectivity index is 1.51. The Morgan fingerprint density at radius 3 is 2.45 bits per heavy atom. The molecule has 4 aromatic rings. The lowest BCUT2D eigenvalue weighted by molar-refractivity contribution is -0.129. The maximum atomic E-state index is 13.8. The van der Waals surface area contributed by atoms with Gasteiger partial charge < -0.3 is 9.64 Å². The molecular formula is C30H32N4O4. The number of benzene rings is 3. The molecule has 3 N–H and O–H groups in total. The van der Waals surface area contributed by atoms with E-state index >= 15 is 0 Å². The van der Waals surface area contributed by atoms with Crippen LogP contribution in [0, 0.1) is 0 Å². The number of H-pyrrole nitrogens is 1. The number of hydrogen-bond acceptors (Lipinski definition) is 5. The number of ether oxygens (including phenoxy) is 1. The van der Waals surface area contributed by atoms with Gasteiger partial charge in [-0.1, -0.05) is 60.7 Å². The van der Waals surface area contributed by atoms with Crippen LogP contribution in [-0.4, -0.2) is 38.7 Å². The molecule has 0 radical (unpaired) electrons. The van der Waals surface area contributed by atoms with E-state index in [9.17, 15) is 9.59 Å². The smallest absolute Gasteiger partial charge is 0.254 e. The third kappa shape index (κ3) is 7.54. The maximum absolute atomic E-state index is 13.8. The van der Waals surface area contributed by atoms with Gasteiger partial charge in [-0.15, -0.1) is 0 Å². The number of rotatable bonds is 13. The Morgan fingerprint density at radius 1 is 0.947 bits per heavy atom. The van der Waals surface area contributed by atoms with Crippen molar-refractivity contribution in [2.45, 2.75) is 38.7 Å². The molecule has 0 spiro atoms. The molecule has 38 heavy (non-hydrogen) atoms. The lowest BCUT2D eigenvalue weighted by Gasteiger charge is -2.24. The fraction of sp³-hybridized carbons (Fsp3) is 0.233. The van der Waals surface area contributed by atoms with E-state index in [2.05, 4.69) is 10.2 Å². The second-order valence-corrected chi connectivity index (χ2v) is 8.84. The van der Waals surface area contributed by atoms with Crippen LogP contribution in [0.5, 0.6) is 5.75 Å². The molecule has 0 fully saturated rings. The topological polar surface area (TPSA) is 108 Å². The van der Waals surface area contributed by atoms with E-state index in [1.54, 1.807) is 36.1 Å². The van der Waals surface area contributed by atoms with E-state index in [4.69, 9.17) is 11.3 Å².